The number of hydrogen-bond donors (Lipinski definition) is 2. The molecule has 1 aromatic carbocycles. The summed E-state index contributed by atoms with van der Waals surface area (Å²) in [4.78, 5) is 25.5. The van der Waals surface area contributed by atoms with Gasteiger partial charge in [-0.2, -0.15) is 0 Å². The quantitative estimate of drug-likeness (QED) is 0.767. The molecule has 0 unspecified atom stereocenters. The van der Waals surface area contributed by atoms with Gasteiger partial charge in [0, 0.05) is 18.6 Å². The summed E-state index contributed by atoms with van der Waals surface area (Å²) in [5.74, 6) is -0.194. The third-order valence-corrected chi connectivity index (χ3v) is 5.20. The van der Waals surface area contributed by atoms with Gasteiger partial charge in [0.25, 0.3) is 0 Å². The number of hydrogen-bond acceptors (Lipinski definition) is 3. The molecule has 24 heavy (non-hydrogen) atoms. The minimum absolute atomic E-state index is 0.0524. The van der Waals surface area contributed by atoms with E-state index in [0.29, 0.717) is 12.0 Å². The van der Waals surface area contributed by atoms with Crippen LogP contribution in [0.5, 0.6) is 0 Å². The first-order valence-corrected chi connectivity index (χ1v) is 8.84. The van der Waals surface area contributed by atoms with Gasteiger partial charge >= 0.3 is 5.97 Å². The smallest absolute Gasteiger partial charge is 0.317 e. The van der Waals surface area contributed by atoms with Crippen molar-refractivity contribution in [3.05, 3.63) is 35.9 Å². The van der Waals surface area contributed by atoms with Crippen molar-refractivity contribution in [2.75, 3.05) is 13.1 Å². The zero-order chi connectivity index (χ0) is 17.1. The van der Waals surface area contributed by atoms with Gasteiger partial charge in [0.05, 0.1) is 12.5 Å². The molecule has 2 N–H and O–H groups in total. The maximum absolute atomic E-state index is 12.4. The molecular weight excluding hydrogens is 304 g/mol. The van der Waals surface area contributed by atoms with Crippen molar-refractivity contribution in [1.29, 1.82) is 0 Å². The number of carboxylic acids is 1. The second-order valence-corrected chi connectivity index (χ2v) is 7.23. The van der Waals surface area contributed by atoms with Crippen molar-refractivity contribution < 1.29 is 14.7 Å². The van der Waals surface area contributed by atoms with Crippen molar-refractivity contribution in [3.8, 4) is 0 Å². The molecule has 0 aliphatic heterocycles. The summed E-state index contributed by atoms with van der Waals surface area (Å²) in [7, 11) is 0. The molecule has 2 aliphatic carbocycles. The van der Waals surface area contributed by atoms with Crippen LogP contribution in [0, 0.1) is 5.92 Å². The fraction of sp³-hybridized carbons (Fsp3) is 0.579. The highest BCUT2D eigenvalue weighted by atomic mass is 16.4. The van der Waals surface area contributed by atoms with Crippen LogP contribution in [0.3, 0.4) is 0 Å². The van der Waals surface area contributed by atoms with Crippen LogP contribution in [0.1, 0.15) is 44.1 Å². The number of rotatable bonds is 8. The largest absolute Gasteiger partial charge is 0.480 e. The highest BCUT2D eigenvalue weighted by Gasteiger charge is 2.38. The molecule has 130 valence electrons. The Morgan fingerprint density at radius 3 is 2.50 bits per heavy atom. The third kappa shape index (κ3) is 4.35. The molecule has 0 radical (unpaired) electrons. The first-order valence-electron chi connectivity index (χ1n) is 8.84. The number of carboxylic acid groups (broad SMARTS) is 1. The van der Waals surface area contributed by atoms with E-state index in [1.165, 1.54) is 12.8 Å². The van der Waals surface area contributed by atoms with Crippen molar-refractivity contribution in [2.45, 2.75) is 50.6 Å². The minimum Gasteiger partial charge on any atom is -0.480 e. The maximum atomic E-state index is 12.4. The van der Waals surface area contributed by atoms with E-state index in [9.17, 15) is 9.59 Å². The van der Waals surface area contributed by atoms with Gasteiger partial charge in [-0.25, -0.2) is 0 Å². The van der Waals surface area contributed by atoms with Crippen LogP contribution in [0.25, 0.3) is 0 Å². The molecule has 2 fully saturated rings. The number of nitrogens with one attached hydrogen (secondary N) is 1. The normalized spacial score (nSPS) is 24.2. The van der Waals surface area contributed by atoms with Gasteiger partial charge in [-0.15, -0.1) is 0 Å². The number of benzene rings is 1. The van der Waals surface area contributed by atoms with E-state index in [4.69, 9.17) is 5.11 Å². The number of nitrogens with zero attached hydrogens (tertiary/aromatic N) is 1. The number of carbonyl (C=O) groups is 2. The van der Waals surface area contributed by atoms with Crippen molar-refractivity contribution >= 4 is 11.9 Å². The van der Waals surface area contributed by atoms with Crippen molar-refractivity contribution in [1.82, 2.24) is 10.2 Å². The van der Waals surface area contributed by atoms with E-state index < -0.39 is 5.97 Å². The van der Waals surface area contributed by atoms with Crippen LogP contribution in [0.15, 0.2) is 30.3 Å². The predicted octanol–water partition coefficient (Wildman–Crippen LogP) is 2.23. The second kappa shape index (κ2) is 7.34. The maximum Gasteiger partial charge on any atom is 0.317 e. The van der Waals surface area contributed by atoms with E-state index in [0.717, 1.165) is 24.9 Å². The molecule has 5 nitrogen and oxygen atoms in total. The van der Waals surface area contributed by atoms with Crippen LogP contribution in [-0.2, 0) is 9.59 Å². The topological polar surface area (TPSA) is 69.6 Å². The Balaban J connectivity index is 1.46. The summed E-state index contributed by atoms with van der Waals surface area (Å²) in [6.07, 6.45) is 4.15. The Labute approximate surface area is 143 Å². The summed E-state index contributed by atoms with van der Waals surface area (Å²) in [6.45, 7) is 2.92. The lowest BCUT2D eigenvalue weighted by Gasteiger charge is -2.43. The first-order chi connectivity index (χ1) is 11.5. The highest BCUT2D eigenvalue weighted by Crippen LogP contribution is 2.34. The average molecular weight is 330 g/mol. The van der Waals surface area contributed by atoms with E-state index in [1.54, 1.807) is 0 Å². The number of carbonyl (C=O) groups excluding carboxylic acids is 1. The van der Waals surface area contributed by atoms with Gasteiger partial charge in [-0.3, -0.25) is 14.5 Å². The lowest BCUT2D eigenvalue weighted by Crippen LogP contribution is -2.55. The second-order valence-electron chi connectivity index (χ2n) is 7.23. The summed E-state index contributed by atoms with van der Waals surface area (Å²) in [6, 6.07) is 10.2. The number of aliphatic carboxylic acids is 1. The van der Waals surface area contributed by atoms with Crippen LogP contribution < -0.4 is 5.32 Å². The van der Waals surface area contributed by atoms with Gasteiger partial charge in [-0.1, -0.05) is 30.3 Å². The molecule has 2 aliphatic rings. The lowest BCUT2D eigenvalue weighted by molar-refractivity contribution is -0.140. The summed E-state index contributed by atoms with van der Waals surface area (Å²) in [5.41, 5.74) is 1.02. The Kier molecular flexibility index (Phi) is 5.19. The molecule has 1 aromatic rings. The van der Waals surface area contributed by atoms with E-state index in [-0.39, 0.29) is 24.4 Å². The molecule has 3 rings (SSSR count). The molecular formula is C19H26N2O3. The van der Waals surface area contributed by atoms with E-state index >= 15 is 0 Å². The van der Waals surface area contributed by atoms with Crippen LogP contribution >= 0.6 is 0 Å². The van der Waals surface area contributed by atoms with E-state index in [2.05, 4.69) is 10.2 Å². The van der Waals surface area contributed by atoms with Gasteiger partial charge in [0.1, 0.15) is 0 Å². The average Bonchev–Trinajstić information content (AvgIpc) is 3.33. The van der Waals surface area contributed by atoms with Crippen LogP contribution in [-0.4, -0.2) is 47.1 Å². The summed E-state index contributed by atoms with van der Waals surface area (Å²) < 4.78 is 0. The Morgan fingerprint density at radius 2 is 1.92 bits per heavy atom. The minimum atomic E-state index is -0.763. The monoisotopic (exact) mass is 330 g/mol. The van der Waals surface area contributed by atoms with Gasteiger partial charge in [0.15, 0.2) is 0 Å². The summed E-state index contributed by atoms with van der Waals surface area (Å²) in [5, 5.41) is 12.2. The standard InChI is InChI=1S/C19H26N2O3/c1-13(15-5-3-2-4-6-15)19(24)20-16-9-17(10-16)21(12-18(22)23)11-14-7-8-14/h2-6,13-14,16-17H,7-12H2,1H3,(H,20,24)(H,22,23)/t13-,16?,17?/m0/s1. The molecule has 1 amide bonds. The van der Waals surface area contributed by atoms with Crippen molar-refractivity contribution in [3.63, 3.8) is 0 Å². The SMILES string of the molecule is C[C@H](C(=O)NC1CC(N(CC(=O)O)CC2CC2)C1)c1ccccc1. The summed E-state index contributed by atoms with van der Waals surface area (Å²) >= 11 is 0. The Bertz CT molecular complexity index is 580. The van der Waals surface area contributed by atoms with Gasteiger partial charge in [-0.05, 0) is 44.1 Å². The first kappa shape index (κ1) is 17.0. The molecule has 0 bridgehead atoms. The third-order valence-electron chi connectivity index (χ3n) is 5.20. The zero-order valence-electron chi connectivity index (χ0n) is 14.1. The lowest BCUT2D eigenvalue weighted by atomic mass is 9.84. The molecule has 0 saturated heterocycles. The molecule has 5 heteroatoms. The van der Waals surface area contributed by atoms with Gasteiger partial charge < -0.3 is 10.4 Å². The fourth-order valence-corrected chi connectivity index (χ4v) is 3.37. The Hall–Kier alpha value is -1.88. The van der Waals surface area contributed by atoms with Crippen molar-refractivity contribution in [2.24, 2.45) is 5.92 Å². The predicted molar refractivity (Wildman–Crippen MR) is 91.7 cm³/mol. The van der Waals surface area contributed by atoms with Crippen LogP contribution in [0.2, 0.25) is 0 Å². The molecule has 1 atom stereocenters. The molecule has 0 heterocycles. The molecule has 0 spiro atoms. The highest BCUT2D eigenvalue weighted by molar-refractivity contribution is 5.83. The molecule has 2 saturated carbocycles. The molecule has 0 aromatic heterocycles. The zero-order valence-corrected chi connectivity index (χ0v) is 14.1. The van der Waals surface area contributed by atoms with E-state index in [1.807, 2.05) is 37.3 Å². The van der Waals surface area contributed by atoms with Crippen LogP contribution in [0.4, 0.5) is 0 Å². The number of amides is 1. The Morgan fingerprint density at radius 1 is 1.25 bits per heavy atom. The fourth-order valence-electron chi connectivity index (χ4n) is 3.37. The van der Waals surface area contributed by atoms with Gasteiger partial charge in [0.2, 0.25) is 5.91 Å².